The van der Waals surface area contributed by atoms with Gasteiger partial charge in [-0.15, -0.1) is 0 Å². The number of aliphatic hydroxyl groups is 3. The number of halogens is 1. The second kappa shape index (κ2) is 12.0. The van der Waals surface area contributed by atoms with Crippen LogP contribution in [0.1, 0.15) is 30.9 Å². The van der Waals surface area contributed by atoms with E-state index in [-0.39, 0.29) is 25.6 Å². The van der Waals surface area contributed by atoms with Gasteiger partial charge in [0.05, 0.1) is 13.2 Å². The van der Waals surface area contributed by atoms with Crippen LogP contribution in [0.25, 0.3) is 0 Å². The van der Waals surface area contributed by atoms with Gasteiger partial charge in [-0.25, -0.2) is 4.39 Å². The third-order valence-corrected chi connectivity index (χ3v) is 6.18. The number of ether oxygens (including phenoxy) is 5. The molecule has 2 aliphatic heterocycles. The fourth-order valence-corrected chi connectivity index (χ4v) is 4.07. The lowest BCUT2D eigenvalue weighted by atomic mass is 9.99. The van der Waals surface area contributed by atoms with Crippen LogP contribution in [-0.4, -0.2) is 77.9 Å². The minimum Gasteiger partial charge on any atom is -0.488 e. The number of rotatable bonds is 9. The predicted molar refractivity (Wildman–Crippen MR) is 124 cm³/mol. The Morgan fingerprint density at radius 1 is 1.06 bits per heavy atom. The smallest absolute Gasteiger partial charge is 0.305 e. The number of carbonyl (C=O) groups excluding carboxylic acids is 1. The molecule has 2 aromatic rings. The first-order chi connectivity index (χ1) is 17.4. The van der Waals surface area contributed by atoms with Gasteiger partial charge in [-0.1, -0.05) is 31.2 Å². The summed E-state index contributed by atoms with van der Waals surface area (Å²) in [6.07, 6.45) is -6.11. The van der Waals surface area contributed by atoms with Gasteiger partial charge in [-0.2, -0.15) is 0 Å². The number of carbonyl (C=O) groups is 1. The molecular weight excluding hydrogens is 475 g/mol. The standard InChI is InChI=1S/C26H31FO9/c1-2-22(28)33-14-21-23(29)24(30)25(31)26(36-21)35-20-6-4-3-5-16(20)11-15-7-8-17(12-19(15)27)34-18-9-10-32-13-18/h3-8,12,18,21,23-26,29-31H,2,9-11,13-14H2,1H3/t18-,21-,23-,24+,25-,26-/m1/s1. The van der Waals surface area contributed by atoms with E-state index in [0.29, 0.717) is 35.8 Å². The van der Waals surface area contributed by atoms with Crippen molar-refractivity contribution in [2.24, 2.45) is 0 Å². The predicted octanol–water partition coefficient (Wildman–Crippen LogP) is 1.72. The molecule has 0 aromatic heterocycles. The van der Waals surface area contributed by atoms with E-state index in [4.69, 9.17) is 23.7 Å². The van der Waals surface area contributed by atoms with Gasteiger partial charge in [0.2, 0.25) is 6.29 Å². The molecule has 4 rings (SSSR count). The van der Waals surface area contributed by atoms with Crippen molar-refractivity contribution in [1.29, 1.82) is 0 Å². The Labute approximate surface area is 208 Å². The molecule has 0 amide bonds. The molecule has 0 radical (unpaired) electrons. The SMILES string of the molecule is CCC(=O)OC[C@H]1O[C@@H](Oc2ccccc2Cc2ccc(O[C@@H]3CCOC3)cc2F)[C@H](O)[C@@H](O)[C@@H]1O. The van der Waals surface area contributed by atoms with Crippen LogP contribution in [-0.2, 0) is 25.4 Å². The molecule has 3 N–H and O–H groups in total. The number of aliphatic hydroxyl groups excluding tert-OH is 3. The summed E-state index contributed by atoms with van der Waals surface area (Å²) >= 11 is 0. The molecule has 6 atom stereocenters. The summed E-state index contributed by atoms with van der Waals surface area (Å²) in [5.41, 5.74) is 1.02. The van der Waals surface area contributed by atoms with Crippen molar-refractivity contribution in [3.63, 3.8) is 0 Å². The van der Waals surface area contributed by atoms with Crippen LogP contribution in [0.5, 0.6) is 11.5 Å². The Bertz CT molecular complexity index is 1030. The van der Waals surface area contributed by atoms with Gasteiger partial charge in [0, 0.05) is 25.3 Å². The highest BCUT2D eigenvalue weighted by molar-refractivity contribution is 5.68. The Morgan fingerprint density at radius 2 is 1.86 bits per heavy atom. The summed E-state index contributed by atoms with van der Waals surface area (Å²) in [4.78, 5) is 11.5. The first kappa shape index (κ1) is 26.3. The molecule has 36 heavy (non-hydrogen) atoms. The highest BCUT2D eigenvalue weighted by Gasteiger charge is 2.45. The molecule has 0 aliphatic carbocycles. The highest BCUT2D eigenvalue weighted by Crippen LogP contribution is 2.29. The number of hydrogen-bond acceptors (Lipinski definition) is 9. The summed E-state index contributed by atoms with van der Waals surface area (Å²) in [5.74, 6) is -0.203. The van der Waals surface area contributed by atoms with Crippen molar-refractivity contribution in [2.45, 2.75) is 63.0 Å². The van der Waals surface area contributed by atoms with E-state index in [1.807, 2.05) is 0 Å². The zero-order valence-electron chi connectivity index (χ0n) is 19.9. The molecule has 2 aromatic carbocycles. The van der Waals surface area contributed by atoms with Crippen LogP contribution >= 0.6 is 0 Å². The Hall–Kier alpha value is -2.76. The molecule has 0 saturated carbocycles. The highest BCUT2D eigenvalue weighted by atomic mass is 19.1. The lowest BCUT2D eigenvalue weighted by Crippen LogP contribution is -2.60. The van der Waals surface area contributed by atoms with Crippen molar-refractivity contribution < 1.29 is 48.2 Å². The Kier molecular flexibility index (Phi) is 8.76. The van der Waals surface area contributed by atoms with E-state index < -0.39 is 42.5 Å². The zero-order chi connectivity index (χ0) is 25.7. The topological polar surface area (TPSA) is 124 Å². The van der Waals surface area contributed by atoms with Crippen LogP contribution in [0.2, 0.25) is 0 Å². The first-order valence-corrected chi connectivity index (χ1v) is 12.0. The van der Waals surface area contributed by atoms with Crippen molar-refractivity contribution >= 4 is 5.97 Å². The fourth-order valence-electron chi connectivity index (χ4n) is 4.07. The summed E-state index contributed by atoms with van der Waals surface area (Å²) in [6, 6.07) is 11.5. The molecule has 0 unspecified atom stereocenters. The molecule has 196 valence electrons. The summed E-state index contributed by atoms with van der Waals surface area (Å²) < 4.78 is 42.4. The molecule has 10 heteroatoms. The maximum Gasteiger partial charge on any atom is 0.305 e. The average Bonchev–Trinajstić information content (AvgIpc) is 3.39. The maximum atomic E-state index is 14.9. The molecule has 2 fully saturated rings. The van der Waals surface area contributed by atoms with Crippen molar-refractivity contribution in [3.05, 3.63) is 59.4 Å². The maximum absolute atomic E-state index is 14.9. The first-order valence-electron chi connectivity index (χ1n) is 12.0. The minimum absolute atomic E-state index is 0.0884. The van der Waals surface area contributed by atoms with Crippen LogP contribution in [0.3, 0.4) is 0 Å². The quantitative estimate of drug-likeness (QED) is 0.436. The van der Waals surface area contributed by atoms with E-state index in [1.54, 1.807) is 43.3 Å². The Balaban J connectivity index is 1.45. The number of benzene rings is 2. The molecule has 2 saturated heterocycles. The number of esters is 1. The van der Waals surface area contributed by atoms with E-state index in [0.717, 1.165) is 6.42 Å². The lowest BCUT2D eigenvalue weighted by Gasteiger charge is -2.40. The van der Waals surface area contributed by atoms with E-state index in [9.17, 15) is 24.5 Å². The second-order valence-electron chi connectivity index (χ2n) is 8.81. The summed E-state index contributed by atoms with van der Waals surface area (Å²) in [7, 11) is 0. The molecule has 0 spiro atoms. The minimum atomic E-state index is -1.59. The van der Waals surface area contributed by atoms with Crippen molar-refractivity contribution in [3.8, 4) is 11.5 Å². The molecule has 0 bridgehead atoms. The average molecular weight is 507 g/mol. The number of para-hydroxylation sites is 1. The molecular formula is C26H31FO9. The van der Waals surface area contributed by atoms with Crippen molar-refractivity contribution in [2.75, 3.05) is 19.8 Å². The van der Waals surface area contributed by atoms with Crippen LogP contribution < -0.4 is 9.47 Å². The van der Waals surface area contributed by atoms with Crippen LogP contribution in [0.4, 0.5) is 4.39 Å². The normalized spacial score (nSPS) is 28.0. The second-order valence-corrected chi connectivity index (χ2v) is 8.81. The van der Waals surface area contributed by atoms with Gasteiger partial charge in [-0.05, 0) is 23.3 Å². The largest absolute Gasteiger partial charge is 0.488 e. The van der Waals surface area contributed by atoms with Gasteiger partial charge in [0.1, 0.15) is 54.4 Å². The van der Waals surface area contributed by atoms with Crippen LogP contribution in [0.15, 0.2) is 42.5 Å². The van der Waals surface area contributed by atoms with Gasteiger partial charge < -0.3 is 39.0 Å². The van der Waals surface area contributed by atoms with E-state index in [2.05, 4.69) is 0 Å². The van der Waals surface area contributed by atoms with Gasteiger partial charge in [-0.3, -0.25) is 4.79 Å². The third-order valence-electron chi connectivity index (χ3n) is 6.18. The third kappa shape index (κ3) is 6.32. The molecule has 2 heterocycles. The van der Waals surface area contributed by atoms with E-state index >= 15 is 0 Å². The molecule has 9 nitrogen and oxygen atoms in total. The van der Waals surface area contributed by atoms with Crippen molar-refractivity contribution in [1.82, 2.24) is 0 Å². The summed E-state index contributed by atoms with van der Waals surface area (Å²) in [6.45, 7) is 2.42. The van der Waals surface area contributed by atoms with E-state index in [1.165, 1.54) is 6.07 Å². The zero-order valence-corrected chi connectivity index (χ0v) is 19.9. The lowest BCUT2D eigenvalue weighted by molar-refractivity contribution is -0.278. The molecule has 2 aliphatic rings. The number of hydrogen-bond donors (Lipinski definition) is 3. The summed E-state index contributed by atoms with van der Waals surface area (Å²) in [5, 5.41) is 30.9. The van der Waals surface area contributed by atoms with Gasteiger partial charge in [0.25, 0.3) is 0 Å². The van der Waals surface area contributed by atoms with Gasteiger partial charge >= 0.3 is 5.97 Å². The fraction of sp³-hybridized carbons (Fsp3) is 0.500. The van der Waals surface area contributed by atoms with Crippen LogP contribution in [0, 0.1) is 5.82 Å². The Morgan fingerprint density at radius 3 is 2.58 bits per heavy atom. The van der Waals surface area contributed by atoms with Gasteiger partial charge in [0.15, 0.2) is 0 Å². The monoisotopic (exact) mass is 506 g/mol.